The van der Waals surface area contributed by atoms with Gasteiger partial charge >= 0.3 is 0 Å². The van der Waals surface area contributed by atoms with E-state index in [0.29, 0.717) is 6.61 Å². The van der Waals surface area contributed by atoms with Gasteiger partial charge in [0.15, 0.2) is 0 Å². The van der Waals surface area contributed by atoms with Gasteiger partial charge in [-0.2, -0.15) is 0 Å². The average Bonchev–Trinajstić information content (AvgIpc) is 2.71. The van der Waals surface area contributed by atoms with Crippen LogP contribution in [-0.4, -0.2) is 19.1 Å². The lowest BCUT2D eigenvalue weighted by atomic mass is 10.1. The highest BCUT2D eigenvalue weighted by molar-refractivity contribution is 9.10. The number of hydrogen-bond acceptors (Lipinski definition) is 3. The molecule has 0 heterocycles. The summed E-state index contributed by atoms with van der Waals surface area (Å²) in [5, 5.41) is 5.99. The molecule has 2 N–H and O–H groups in total. The van der Waals surface area contributed by atoms with Gasteiger partial charge in [0.2, 0.25) is 5.91 Å². The van der Waals surface area contributed by atoms with Gasteiger partial charge in [-0.25, -0.2) is 0 Å². The minimum absolute atomic E-state index is 0.104. The predicted molar refractivity (Wildman–Crippen MR) is 118 cm³/mol. The molecule has 5 heteroatoms. The second kappa shape index (κ2) is 10.5. The standard InChI is InChI=1S/C23H23BrN2O2/c24-19-10-4-12-21(15-19)26-23(27)17-25-20-11-5-13-22(16-20)28-14-6-9-18-7-2-1-3-8-18/h1-5,7-8,10-13,15-16,25H,6,9,14,17H2,(H,26,27). The summed E-state index contributed by atoms with van der Waals surface area (Å²) < 4.78 is 6.76. The van der Waals surface area contributed by atoms with Crippen molar-refractivity contribution in [2.45, 2.75) is 12.8 Å². The highest BCUT2D eigenvalue weighted by Crippen LogP contribution is 2.18. The van der Waals surface area contributed by atoms with Gasteiger partial charge in [0.25, 0.3) is 0 Å². The molecule has 0 unspecified atom stereocenters. The van der Waals surface area contributed by atoms with Crippen molar-refractivity contribution in [3.63, 3.8) is 0 Å². The Kier molecular flexibility index (Phi) is 7.50. The monoisotopic (exact) mass is 438 g/mol. The second-order valence-electron chi connectivity index (χ2n) is 6.38. The van der Waals surface area contributed by atoms with Crippen molar-refractivity contribution in [2.75, 3.05) is 23.8 Å². The van der Waals surface area contributed by atoms with Crippen LogP contribution in [0.3, 0.4) is 0 Å². The largest absolute Gasteiger partial charge is 0.494 e. The van der Waals surface area contributed by atoms with Crippen LogP contribution in [0.25, 0.3) is 0 Å². The number of aryl methyl sites for hydroxylation is 1. The van der Waals surface area contributed by atoms with Crippen molar-refractivity contribution in [2.24, 2.45) is 0 Å². The van der Waals surface area contributed by atoms with Crippen molar-refractivity contribution < 1.29 is 9.53 Å². The van der Waals surface area contributed by atoms with E-state index < -0.39 is 0 Å². The van der Waals surface area contributed by atoms with Crippen LogP contribution in [0.4, 0.5) is 11.4 Å². The molecule has 0 aliphatic heterocycles. The summed E-state index contributed by atoms with van der Waals surface area (Å²) in [5.74, 6) is 0.692. The summed E-state index contributed by atoms with van der Waals surface area (Å²) in [4.78, 5) is 12.1. The Morgan fingerprint density at radius 2 is 1.68 bits per heavy atom. The van der Waals surface area contributed by atoms with E-state index in [1.165, 1.54) is 5.56 Å². The van der Waals surface area contributed by atoms with Gasteiger partial charge in [0, 0.05) is 21.9 Å². The number of ether oxygens (including phenoxy) is 1. The number of rotatable bonds is 9. The van der Waals surface area contributed by atoms with Gasteiger partial charge in [-0.3, -0.25) is 4.79 Å². The molecule has 0 aliphatic rings. The Bertz CT molecular complexity index is 900. The van der Waals surface area contributed by atoms with Crippen LogP contribution < -0.4 is 15.4 Å². The topological polar surface area (TPSA) is 50.4 Å². The zero-order valence-corrected chi connectivity index (χ0v) is 17.1. The van der Waals surface area contributed by atoms with E-state index in [9.17, 15) is 4.79 Å². The van der Waals surface area contributed by atoms with E-state index in [-0.39, 0.29) is 12.5 Å². The van der Waals surface area contributed by atoms with Crippen molar-refractivity contribution >= 4 is 33.2 Å². The first-order chi connectivity index (χ1) is 13.7. The zero-order chi connectivity index (χ0) is 19.6. The van der Waals surface area contributed by atoms with E-state index in [0.717, 1.165) is 34.4 Å². The highest BCUT2D eigenvalue weighted by Gasteiger charge is 2.04. The quantitative estimate of drug-likeness (QED) is 0.432. The lowest BCUT2D eigenvalue weighted by molar-refractivity contribution is -0.114. The van der Waals surface area contributed by atoms with E-state index >= 15 is 0 Å². The molecule has 0 atom stereocenters. The number of carbonyl (C=O) groups excluding carboxylic acids is 1. The molecule has 0 saturated carbocycles. The van der Waals surface area contributed by atoms with Crippen LogP contribution in [0.1, 0.15) is 12.0 Å². The molecule has 0 saturated heterocycles. The van der Waals surface area contributed by atoms with Crippen LogP contribution in [0.15, 0.2) is 83.3 Å². The molecule has 0 bridgehead atoms. The summed E-state index contributed by atoms with van der Waals surface area (Å²) in [6.07, 6.45) is 1.95. The molecule has 1 amide bonds. The maximum atomic E-state index is 12.1. The maximum Gasteiger partial charge on any atom is 0.243 e. The predicted octanol–water partition coefficient (Wildman–Crippen LogP) is 5.51. The van der Waals surface area contributed by atoms with Gasteiger partial charge < -0.3 is 15.4 Å². The number of anilines is 2. The fourth-order valence-corrected chi connectivity index (χ4v) is 3.16. The second-order valence-corrected chi connectivity index (χ2v) is 7.29. The Balaban J connectivity index is 1.42. The fraction of sp³-hybridized carbons (Fsp3) is 0.174. The summed E-state index contributed by atoms with van der Waals surface area (Å²) in [6, 6.07) is 25.6. The summed E-state index contributed by atoms with van der Waals surface area (Å²) in [7, 11) is 0. The van der Waals surface area contributed by atoms with E-state index in [1.54, 1.807) is 0 Å². The third-order valence-corrected chi connectivity index (χ3v) is 4.61. The molecular weight excluding hydrogens is 416 g/mol. The average molecular weight is 439 g/mol. The molecular formula is C23H23BrN2O2. The van der Waals surface area contributed by atoms with E-state index in [2.05, 4.69) is 50.8 Å². The van der Waals surface area contributed by atoms with Gasteiger partial charge in [0.05, 0.1) is 13.2 Å². The van der Waals surface area contributed by atoms with Crippen LogP contribution >= 0.6 is 15.9 Å². The Labute approximate surface area is 174 Å². The highest BCUT2D eigenvalue weighted by atomic mass is 79.9. The molecule has 0 fully saturated rings. The Morgan fingerprint density at radius 3 is 2.50 bits per heavy atom. The number of hydrogen-bond donors (Lipinski definition) is 2. The number of nitrogens with one attached hydrogen (secondary N) is 2. The first-order valence-corrected chi connectivity index (χ1v) is 10.0. The Hall–Kier alpha value is -2.79. The lowest BCUT2D eigenvalue weighted by Crippen LogP contribution is -2.21. The minimum atomic E-state index is -0.104. The van der Waals surface area contributed by atoms with Crippen LogP contribution in [0, 0.1) is 0 Å². The SMILES string of the molecule is O=C(CNc1cccc(OCCCc2ccccc2)c1)Nc1cccc(Br)c1. The zero-order valence-electron chi connectivity index (χ0n) is 15.5. The molecule has 0 spiro atoms. The van der Waals surface area contributed by atoms with Crippen LogP contribution in [-0.2, 0) is 11.2 Å². The van der Waals surface area contributed by atoms with Gasteiger partial charge in [-0.05, 0) is 48.7 Å². The molecule has 3 rings (SSSR count). The molecule has 0 aliphatic carbocycles. The first-order valence-electron chi connectivity index (χ1n) is 9.25. The van der Waals surface area contributed by atoms with Crippen molar-refractivity contribution in [1.29, 1.82) is 0 Å². The van der Waals surface area contributed by atoms with Crippen LogP contribution in [0.5, 0.6) is 5.75 Å². The summed E-state index contributed by atoms with van der Waals surface area (Å²) in [6.45, 7) is 0.839. The van der Waals surface area contributed by atoms with E-state index in [4.69, 9.17) is 4.74 Å². The number of halogens is 1. The molecule has 0 aromatic heterocycles. The fourth-order valence-electron chi connectivity index (χ4n) is 2.76. The van der Waals surface area contributed by atoms with Crippen molar-refractivity contribution in [1.82, 2.24) is 0 Å². The summed E-state index contributed by atoms with van der Waals surface area (Å²) >= 11 is 3.39. The van der Waals surface area contributed by atoms with Crippen molar-refractivity contribution in [3.05, 3.63) is 88.9 Å². The minimum Gasteiger partial charge on any atom is -0.494 e. The molecule has 3 aromatic carbocycles. The molecule has 144 valence electrons. The third-order valence-electron chi connectivity index (χ3n) is 4.12. The number of amides is 1. The summed E-state index contributed by atoms with van der Waals surface area (Å²) in [5.41, 5.74) is 2.93. The number of benzene rings is 3. The molecule has 0 radical (unpaired) electrons. The third kappa shape index (κ3) is 6.74. The van der Waals surface area contributed by atoms with Gasteiger partial charge in [-0.15, -0.1) is 0 Å². The smallest absolute Gasteiger partial charge is 0.243 e. The van der Waals surface area contributed by atoms with Crippen molar-refractivity contribution in [3.8, 4) is 5.75 Å². The first kappa shape index (κ1) is 20.0. The maximum absolute atomic E-state index is 12.1. The molecule has 4 nitrogen and oxygen atoms in total. The van der Waals surface area contributed by atoms with Crippen LogP contribution in [0.2, 0.25) is 0 Å². The van der Waals surface area contributed by atoms with Gasteiger partial charge in [-0.1, -0.05) is 58.4 Å². The molecule has 28 heavy (non-hydrogen) atoms. The van der Waals surface area contributed by atoms with Gasteiger partial charge in [0.1, 0.15) is 5.75 Å². The number of carbonyl (C=O) groups is 1. The normalized spacial score (nSPS) is 10.3. The molecule has 3 aromatic rings. The lowest BCUT2D eigenvalue weighted by Gasteiger charge is -2.10. The van der Waals surface area contributed by atoms with E-state index in [1.807, 2.05) is 54.6 Å². The Morgan fingerprint density at radius 1 is 0.893 bits per heavy atom.